The van der Waals surface area contributed by atoms with Crippen molar-refractivity contribution >= 4 is 5.91 Å². The smallest absolute Gasteiger partial charge is 0.238 e. The minimum Gasteiger partial charge on any atom is -0.368 e. The molecule has 0 saturated heterocycles. The molecule has 102 valence electrons. The maximum atomic E-state index is 11.8. The minimum absolute atomic E-state index is 0.248. The number of amides is 1. The monoisotopic (exact) mass is 253 g/mol. The summed E-state index contributed by atoms with van der Waals surface area (Å²) in [4.78, 5) is 14.5. The summed E-state index contributed by atoms with van der Waals surface area (Å²) in [5, 5.41) is 6.78. The number of primary amides is 1. The van der Waals surface area contributed by atoms with Crippen LogP contribution in [0, 0.1) is 11.8 Å². The number of hydrogen-bond donors (Lipinski definition) is 2. The number of nitrogens with two attached hydrogens (primary N) is 1. The SMILES string of the molecule is CC1CCC(NCCCN=[N+]=[N-])(C(N)=O)C(C)C1. The van der Waals surface area contributed by atoms with Gasteiger partial charge in [-0.25, -0.2) is 0 Å². The normalized spacial score (nSPS) is 31.7. The first-order valence-corrected chi connectivity index (χ1v) is 6.58. The Kier molecular flexibility index (Phi) is 5.44. The van der Waals surface area contributed by atoms with Crippen molar-refractivity contribution in [3.05, 3.63) is 10.4 Å². The Bertz CT molecular complexity index is 339. The zero-order valence-corrected chi connectivity index (χ0v) is 11.2. The van der Waals surface area contributed by atoms with Crippen molar-refractivity contribution < 1.29 is 4.79 Å². The van der Waals surface area contributed by atoms with Gasteiger partial charge in [0.1, 0.15) is 5.54 Å². The molecule has 1 amide bonds. The lowest BCUT2D eigenvalue weighted by Crippen LogP contribution is -2.61. The summed E-state index contributed by atoms with van der Waals surface area (Å²) in [5.41, 5.74) is 13.2. The summed E-state index contributed by atoms with van der Waals surface area (Å²) in [7, 11) is 0. The predicted octanol–water partition coefficient (Wildman–Crippen LogP) is 1.96. The van der Waals surface area contributed by atoms with Gasteiger partial charge in [0.2, 0.25) is 5.91 Å². The second kappa shape index (κ2) is 6.61. The molecule has 0 spiro atoms. The van der Waals surface area contributed by atoms with Crippen LogP contribution in [-0.4, -0.2) is 24.5 Å². The van der Waals surface area contributed by atoms with Gasteiger partial charge in [-0.3, -0.25) is 4.79 Å². The van der Waals surface area contributed by atoms with Crippen LogP contribution in [0.5, 0.6) is 0 Å². The first kappa shape index (κ1) is 14.8. The van der Waals surface area contributed by atoms with Crippen LogP contribution in [0.4, 0.5) is 0 Å². The van der Waals surface area contributed by atoms with Crippen molar-refractivity contribution in [2.75, 3.05) is 13.1 Å². The number of rotatable bonds is 6. The molecule has 0 aliphatic heterocycles. The van der Waals surface area contributed by atoms with Gasteiger partial charge in [-0.2, -0.15) is 0 Å². The van der Waals surface area contributed by atoms with Crippen molar-refractivity contribution in [3.63, 3.8) is 0 Å². The third-order valence-corrected chi connectivity index (χ3v) is 4.01. The average Bonchev–Trinajstić information content (AvgIpc) is 2.31. The van der Waals surface area contributed by atoms with Crippen molar-refractivity contribution in [3.8, 4) is 0 Å². The number of hydrogen-bond acceptors (Lipinski definition) is 3. The molecule has 1 saturated carbocycles. The lowest BCUT2D eigenvalue weighted by atomic mass is 9.69. The Morgan fingerprint density at radius 1 is 1.61 bits per heavy atom. The Balaban J connectivity index is 2.58. The Morgan fingerprint density at radius 3 is 2.89 bits per heavy atom. The van der Waals surface area contributed by atoms with Crippen LogP contribution in [0.2, 0.25) is 0 Å². The van der Waals surface area contributed by atoms with Crippen LogP contribution >= 0.6 is 0 Å². The Morgan fingerprint density at radius 2 is 2.33 bits per heavy atom. The molecule has 18 heavy (non-hydrogen) atoms. The largest absolute Gasteiger partial charge is 0.368 e. The van der Waals surface area contributed by atoms with Crippen molar-refractivity contribution in [2.45, 2.75) is 45.1 Å². The molecule has 1 aliphatic carbocycles. The number of nitrogens with zero attached hydrogens (tertiary/aromatic N) is 3. The van der Waals surface area contributed by atoms with Crippen LogP contribution in [0.15, 0.2) is 5.11 Å². The molecule has 0 aromatic rings. The van der Waals surface area contributed by atoms with Crippen molar-refractivity contribution in [1.29, 1.82) is 0 Å². The highest BCUT2D eigenvalue weighted by Crippen LogP contribution is 2.36. The molecule has 3 atom stereocenters. The molecule has 3 N–H and O–H groups in total. The maximum absolute atomic E-state index is 11.8. The van der Waals surface area contributed by atoms with Gasteiger partial charge in [0.25, 0.3) is 0 Å². The van der Waals surface area contributed by atoms with Gasteiger partial charge < -0.3 is 11.1 Å². The van der Waals surface area contributed by atoms with Crippen LogP contribution in [0.25, 0.3) is 10.4 Å². The Hall–Kier alpha value is -1.26. The third kappa shape index (κ3) is 3.37. The van der Waals surface area contributed by atoms with Gasteiger partial charge in [-0.05, 0) is 49.6 Å². The minimum atomic E-state index is -0.580. The van der Waals surface area contributed by atoms with Crippen LogP contribution in [0.3, 0.4) is 0 Å². The first-order valence-electron chi connectivity index (χ1n) is 6.58. The average molecular weight is 253 g/mol. The molecular weight excluding hydrogens is 230 g/mol. The fourth-order valence-corrected chi connectivity index (χ4v) is 2.86. The highest BCUT2D eigenvalue weighted by Gasteiger charge is 2.44. The fourth-order valence-electron chi connectivity index (χ4n) is 2.86. The van der Waals surface area contributed by atoms with E-state index in [1.807, 2.05) is 0 Å². The fraction of sp³-hybridized carbons (Fsp3) is 0.917. The second-order valence-corrected chi connectivity index (χ2v) is 5.35. The molecule has 3 unspecified atom stereocenters. The molecule has 1 rings (SSSR count). The van der Waals surface area contributed by atoms with E-state index >= 15 is 0 Å². The molecule has 1 fully saturated rings. The van der Waals surface area contributed by atoms with Crippen molar-refractivity contribution in [2.24, 2.45) is 22.7 Å². The van der Waals surface area contributed by atoms with Gasteiger partial charge in [0.05, 0.1) is 0 Å². The van der Waals surface area contributed by atoms with E-state index in [1.165, 1.54) is 0 Å². The highest BCUT2D eigenvalue weighted by molar-refractivity contribution is 5.85. The number of nitrogens with one attached hydrogen (secondary N) is 1. The van der Waals surface area contributed by atoms with E-state index in [9.17, 15) is 4.79 Å². The number of azide groups is 1. The molecule has 0 heterocycles. The standard InChI is InChI=1S/C12H23N5O/c1-9-4-5-12(11(13)18,10(2)8-9)15-6-3-7-16-17-14/h9-10,15H,3-8H2,1-2H3,(H2,13,18). The summed E-state index contributed by atoms with van der Waals surface area (Å²) >= 11 is 0. The van der Waals surface area contributed by atoms with Gasteiger partial charge in [0, 0.05) is 11.5 Å². The first-order chi connectivity index (χ1) is 8.53. The van der Waals surface area contributed by atoms with E-state index in [1.54, 1.807) is 0 Å². The van der Waals surface area contributed by atoms with E-state index in [2.05, 4.69) is 29.2 Å². The van der Waals surface area contributed by atoms with E-state index in [-0.39, 0.29) is 11.8 Å². The van der Waals surface area contributed by atoms with E-state index < -0.39 is 5.54 Å². The quantitative estimate of drug-likeness (QED) is 0.327. The summed E-state index contributed by atoms with van der Waals surface area (Å²) in [5.74, 6) is 0.640. The lowest BCUT2D eigenvalue weighted by molar-refractivity contribution is -0.128. The highest BCUT2D eigenvalue weighted by atomic mass is 16.1. The molecule has 0 radical (unpaired) electrons. The van der Waals surface area contributed by atoms with Crippen LogP contribution in [0.1, 0.15) is 39.5 Å². The maximum Gasteiger partial charge on any atom is 0.238 e. The second-order valence-electron chi connectivity index (χ2n) is 5.35. The Labute approximate surface area is 108 Å². The number of carbonyl (C=O) groups excluding carboxylic acids is 1. The van der Waals surface area contributed by atoms with E-state index in [0.717, 1.165) is 25.7 Å². The number of carbonyl (C=O) groups is 1. The van der Waals surface area contributed by atoms with Gasteiger partial charge in [0.15, 0.2) is 0 Å². The topological polar surface area (TPSA) is 104 Å². The van der Waals surface area contributed by atoms with Gasteiger partial charge in [-0.1, -0.05) is 19.0 Å². The van der Waals surface area contributed by atoms with Gasteiger partial charge in [-0.15, -0.1) is 0 Å². The molecule has 1 aliphatic rings. The predicted molar refractivity (Wildman–Crippen MR) is 70.7 cm³/mol. The molecule has 0 bridgehead atoms. The summed E-state index contributed by atoms with van der Waals surface area (Å²) in [6, 6.07) is 0. The molecular formula is C12H23N5O. The molecule has 6 nitrogen and oxygen atoms in total. The summed E-state index contributed by atoms with van der Waals surface area (Å²) in [6.07, 6.45) is 3.57. The third-order valence-electron chi connectivity index (χ3n) is 4.01. The zero-order valence-electron chi connectivity index (χ0n) is 11.2. The van der Waals surface area contributed by atoms with Gasteiger partial charge >= 0.3 is 0 Å². The molecule has 0 aromatic carbocycles. The summed E-state index contributed by atoms with van der Waals surface area (Å²) < 4.78 is 0. The molecule has 6 heteroatoms. The van der Waals surface area contributed by atoms with Crippen molar-refractivity contribution in [1.82, 2.24) is 5.32 Å². The van der Waals surface area contributed by atoms with E-state index in [4.69, 9.17) is 11.3 Å². The van der Waals surface area contributed by atoms with E-state index in [0.29, 0.717) is 19.0 Å². The lowest BCUT2D eigenvalue weighted by Gasteiger charge is -2.43. The molecule has 0 aromatic heterocycles. The van der Waals surface area contributed by atoms with Crippen LogP contribution < -0.4 is 11.1 Å². The van der Waals surface area contributed by atoms with Crippen LogP contribution in [-0.2, 0) is 4.79 Å². The zero-order chi connectivity index (χ0) is 13.6. The summed E-state index contributed by atoms with van der Waals surface area (Å²) in [6.45, 7) is 5.40.